The van der Waals surface area contributed by atoms with E-state index in [1.807, 2.05) is 0 Å². The molecular weight excluding hydrogens is 249 g/mol. The van der Waals surface area contributed by atoms with Crippen molar-refractivity contribution < 1.29 is 9.53 Å². The fourth-order valence-electron chi connectivity index (χ4n) is 1.63. The lowest BCUT2D eigenvalue weighted by atomic mass is 10.2. The molecule has 3 nitrogen and oxygen atoms in total. The molecule has 0 aliphatic carbocycles. The number of benzene rings is 1. The quantitative estimate of drug-likeness (QED) is 0.776. The van der Waals surface area contributed by atoms with E-state index < -0.39 is 0 Å². The number of nitrogens with zero attached hydrogens (tertiary/aromatic N) is 1. The zero-order chi connectivity index (χ0) is 11.5. The van der Waals surface area contributed by atoms with Gasteiger partial charge in [-0.3, -0.25) is 4.79 Å². The highest BCUT2D eigenvalue weighted by Gasteiger charge is 2.22. The first-order valence-corrected chi connectivity index (χ1v) is 5.77. The summed E-state index contributed by atoms with van der Waals surface area (Å²) < 4.78 is 5.19. The first-order valence-electron chi connectivity index (χ1n) is 5.01. The van der Waals surface area contributed by atoms with E-state index in [1.165, 1.54) is 0 Å². The van der Waals surface area contributed by atoms with E-state index in [0.29, 0.717) is 41.9 Å². The predicted molar refractivity (Wildman–Crippen MR) is 63.2 cm³/mol. The molecule has 86 valence electrons. The molecule has 16 heavy (non-hydrogen) atoms. The lowest BCUT2D eigenvalue weighted by molar-refractivity contribution is 0.0303. The summed E-state index contributed by atoms with van der Waals surface area (Å²) >= 11 is 12.0. The number of halogens is 2. The van der Waals surface area contributed by atoms with Gasteiger partial charge in [-0.2, -0.15) is 0 Å². The first-order chi connectivity index (χ1) is 7.70. The third-order valence-corrected chi connectivity index (χ3v) is 3.10. The van der Waals surface area contributed by atoms with E-state index in [9.17, 15) is 4.79 Å². The van der Waals surface area contributed by atoms with Crippen LogP contribution >= 0.6 is 23.2 Å². The summed E-state index contributed by atoms with van der Waals surface area (Å²) in [5.41, 5.74) is 0.382. The normalized spacial score (nSPS) is 16.2. The zero-order valence-corrected chi connectivity index (χ0v) is 10.1. The van der Waals surface area contributed by atoms with E-state index in [0.717, 1.165) is 0 Å². The highest BCUT2D eigenvalue weighted by molar-refractivity contribution is 6.39. The SMILES string of the molecule is O=C(c1c(Cl)cccc1Cl)N1CCOCC1. The Morgan fingerprint density at radius 1 is 1.19 bits per heavy atom. The number of rotatable bonds is 1. The van der Waals surface area contributed by atoms with E-state index in [4.69, 9.17) is 27.9 Å². The molecule has 0 spiro atoms. The Morgan fingerprint density at radius 3 is 2.31 bits per heavy atom. The van der Waals surface area contributed by atoms with Gasteiger partial charge in [-0.1, -0.05) is 29.3 Å². The summed E-state index contributed by atoms with van der Waals surface area (Å²) in [6, 6.07) is 5.06. The first kappa shape index (κ1) is 11.7. The number of ether oxygens (including phenoxy) is 1. The minimum atomic E-state index is -0.126. The summed E-state index contributed by atoms with van der Waals surface area (Å²) in [5.74, 6) is -0.126. The molecule has 1 amide bonds. The van der Waals surface area contributed by atoms with Crippen molar-refractivity contribution in [3.63, 3.8) is 0 Å². The van der Waals surface area contributed by atoms with Crippen molar-refractivity contribution >= 4 is 29.1 Å². The average Bonchev–Trinajstić information content (AvgIpc) is 2.30. The summed E-state index contributed by atoms with van der Waals surface area (Å²) in [4.78, 5) is 13.8. The minimum Gasteiger partial charge on any atom is -0.378 e. The molecular formula is C11H11Cl2NO2. The molecule has 0 atom stereocenters. The van der Waals surface area contributed by atoms with Crippen molar-refractivity contribution in [3.05, 3.63) is 33.8 Å². The van der Waals surface area contributed by atoms with Crippen LogP contribution in [-0.4, -0.2) is 37.1 Å². The van der Waals surface area contributed by atoms with Crippen LogP contribution in [0.3, 0.4) is 0 Å². The number of morpholine rings is 1. The minimum absolute atomic E-state index is 0.126. The van der Waals surface area contributed by atoms with Crippen molar-refractivity contribution in [2.45, 2.75) is 0 Å². The van der Waals surface area contributed by atoms with Gasteiger partial charge in [0.25, 0.3) is 5.91 Å². The fraction of sp³-hybridized carbons (Fsp3) is 0.364. The number of carbonyl (C=O) groups is 1. The topological polar surface area (TPSA) is 29.5 Å². The molecule has 0 N–H and O–H groups in total. The largest absolute Gasteiger partial charge is 0.378 e. The van der Waals surface area contributed by atoms with Gasteiger partial charge in [0.15, 0.2) is 0 Å². The molecule has 1 heterocycles. The molecule has 1 aliphatic rings. The van der Waals surface area contributed by atoms with Gasteiger partial charge in [-0.15, -0.1) is 0 Å². The van der Waals surface area contributed by atoms with Crippen LogP contribution in [0.25, 0.3) is 0 Å². The molecule has 0 radical (unpaired) electrons. The Kier molecular flexibility index (Phi) is 3.69. The Morgan fingerprint density at radius 2 is 1.75 bits per heavy atom. The average molecular weight is 260 g/mol. The maximum Gasteiger partial charge on any atom is 0.257 e. The van der Waals surface area contributed by atoms with Gasteiger partial charge >= 0.3 is 0 Å². The van der Waals surface area contributed by atoms with Crippen LogP contribution in [0.5, 0.6) is 0 Å². The predicted octanol–water partition coefficient (Wildman–Crippen LogP) is 2.47. The second-order valence-corrected chi connectivity index (χ2v) is 4.32. The van der Waals surface area contributed by atoms with Crippen LogP contribution in [0, 0.1) is 0 Å². The van der Waals surface area contributed by atoms with Gasteiger partial charge in [0.1, 0.15) is 0 Å². The van der Waals surface area contributed by atoms with Crippen LogP contribution in [-0.2, 0) is 4.74 Å². The Balaban J connectivity index is 2.26. The molecule has 0 aromatic heterocycles. The standard InChI is InChI=1S/C11H11Cl2NO2/c12-8-2-1-3-9(13)10(8)11(15)14-4-6-16-7-5-14/h1-3H,4-7H2. The third-order valence-electron chi connectivity index (χ3n) is 2.47. The molecule has 1 aromatic carbocycles. The maximum atomic E-state index is 12.1. The summed E-state index contributed by atoms with van der Waals surface area (Å²) in [7, 11) is 0. The molecule has 0 saturated carbocycles. The Bertz CT molecular complexity index is 383. The van der Waals surface area contributed by atoms with Gasteiger partial charge in [0.2, 0.25) is 0 Å². The number of carbonyl (C=O) groups excluding carboxylic acids is 1. The third kappa shape index (κ3) is 2.32. The van der Waals surface area contributed by atoms with Gasteiger partial charge in [0, 0.05) is 13.1 Å². The number of hydrogen-bond acceptors (Lipinski definition) is 2. The molecule has 1 aromatic rings. The fourth-order valence-corrected chi connectivity index (χ4v) is 2.19. The highest BCUT2D eigenvalue weighted by Crippen LogP contribution is 2.25. The van der Waals surface area contributed by atoms with Crippen molar-refractivity contribution in [2.75, 3.05) is 26.3 Å². The van der Waals surface area contributed by atoms with E-state index >= 15 is 0 Å². The Hall–Kier alpha value is -0.770. The van der Waals surface area contributed by atoms with Crippen molar-refractivity contribution in [1.82, 2.24) is 4.90 Å². The monoisotopic (exact) mass is 259 g/mol. The zero-order valence-electron chi connectivity index (χ0n) is 8.58. The van der Waals surface area contributed by atoms with Crippen molar-refractivity contribution in [1.29, 1.82) is 0 Å². The van der Waals surface area contributed by atoms with E-state index in [2.05, 4.69) is 0 Å². The van der Waals surface area contributed by atoms with Crippen molar-refractivity contribution in [2.24, 2.45) is 0 Å². The summed E-state index contributed by atoms with van der Waals surface area (Å²) in [6.07, 6.45) is 0. The van der Waals surface area contributed by atoms with E-state index in [1.54, 1.807) is 23.1 Å². The molecule has 5 heteroatoms. The van der Waals surface area contributed by atoms with Crippen molar-refractivity contribution in [3.8, 4) is 0 Å². The van der Waals surface area contributed by atoms with Crippen LogP contribution < -0.4 is 0 Å². The molecule has 0 unspecified atom stereocenters. The number of hydrogen-bond donors (Lipinski definition) is 0. The molecule has 1 saturated heterocycles. The lowest BCUT2D eigenvalue weighted by Gasteiger charge is -2.27. The van der Waals surface area contributed by atoms with E-state index in [-0.39, 0.29) is 5.91 Å². The second kappa shape index (κ2) is 5.04. The van der Waals surface area contributed by atoms with Crippen LogP contribution in [0.1, 0.15) is 10.4 Å². The van der Waals surface area contributed by atoms with Crippen LogP contribution in [0.15, 0.2) is 18.2 Å². The van der Waals surface area contributed by atoms with Gasteiger partial charge in [0.05, 0.1) is 28.8 Å². The second-order valence-electron chi connectivity index (χ2n) is 3.50. The molecule has 1 aliphatic heterocycles. The molecule has 1 fully saturated rings. The Labute approximate surface area is 104 Å². The summed E-state index contributed by atoms with van der Waals surface area (Å²) in [5, 5.41) is 0.785. The van der Waals surface area contributed by atoms with Gasteiger partial charge in [-0.05, 0) is 12.1 Å². The summed E-state index contributed by atoms with van der Waals surface area (Å²) in [6.45, 7) is 2.29. The van der Waals surface area contributed by atoms with Gasteiger partial charge in [-0.25, -0.2) is 0 Å². The molecule has 2 rings (SSSR count). The highest BCUT2D eigenvalue weighted by atomic mass is 35.5. The van der Waals surface area contributed by atoms with Crippen LogP contribution in [0.4, 0.5) is 0 Å². The lowest BCUT2D eigenvalue weighted by Crippen LogP contribution is -2.40. The number of amides is 1. The smallest absolute Gasteiger partial charge is 0.257 e. The maximum absolute atomic E-state index is 12.1. The van der Waals surface area contributed by atoms with Gasteiger partial charge < -0.3 is 9.64 Å². The van der Waals surface area contributed by atoms with Crippen LogP contribution in [0.2, 0.25) is 10.0 Å². The molecule has 0 bridgehead atoms.